The highest BCUT2D eigenvalue weighted by Gasteiger charge is 2.32. The number of morpholine rings is 1. The van der Waals surface area contributed by atoms with E-state index in [9.17, 15) is 40.4 Å². The van der Waals surface area contributed by atoms with Gasteiger partial charge in [-0.05, 0) is 31.6 Å². The van der Waals surface area contributed by atoms with Crippen molar-refractivity contribution >= 4 is 45.4 Å². The quantitative estimate of drug-likeness (QED) is 0.0204. The van der Waals surface area contributed by atoms with Gasteiger partial charge >= 0.3 is 5.97 Å². The van der Waals surface area contributed by atoms with Crippen LogP contribution >= 0.6 is 0 Å². The molecule has 2 aliphatic rings. The van der Waals surface area contributed by atoms with Gasteiger partial charge in [-0.1, -0.05) is 6.92 Å². The number of hydrogen-bond acceptors (Lipinski definition) is 22. The van der Waals surface area contributed by atoms with Gasteiger partial charge in [0.05, 0.1) is 169 Å². The molecule has 1 saturated heterocycles. The molecule has 0 aliphatic carbocycles. The topological polar surface area (TPSA) is 288 Å². The Labute approximate surface area is 491 Å². The fourth-order valence-electron chi connectivity index (χ4n) is 7.73. The van der Waals surface area contributed by atoms with Gasteiger partial charge in [0.15, 0.2) is 11.6 Å². The van der Waals surface area contributed by atoms with Crippen LogP contribution in [0.1, 0.15) is 45.2 Å². The van der Waals surface area contributed by atoms with Crippen LogP contribution in [0.15, 0.2) is 52.3 Å². The van der Waals surface area contributed by atoms with Gasteiger partial charge in [0.1, 0.15) is 10.7 Å². The Hall–Kier alpha value is -5.71. The Kier molecular flexibility index (Phi) is 32.9. The highest BCUT2D eigenvalue weighted by Crippen LogP contribution is 2.32. The first-order valence-corrected chi connectivity index (χ1v) is 29.3. The molecule has 0 spiro atoms. The lowest BCUT2D eigenvalue weighted by molar-refractivity contribution is -0.180. The van der Waals surface area contributed by atoms with Gasteiger partial charge < -0.3 is 67.9 Å². The molecule has 3 aromatic rings. The van der Waals surface area contributed by atoms with Crippen molar-refractivity contribution in [3.63, 3.8) is 0 Å². The zero-order valence-electron chi connectivity index (χ0n) is 47.9. The number of carbonyl (C=O) groups is 3. The average molecular weight is 1230 g/mol. The summed E-state index contributed by atoms with van der Waals surface area (Å²) in [6.45, 7) is 10.9. The fraction of sp³-hybridized carbons (Fsp3) is 0.600. The smallest absolute Gasteiger partial charge is 0.313 e. The van der Waals surface area contributed by atoms with Crippen LogP contribution in [0.5, 0.6) is 5.75 Å². The Morgan fingerprint density at radius 1 is 0.694 bits per heavy atom. The van der Waals surface area contributed by atoms with Crippen LogP contribution < -0.4 is 15.8 Å². The number of carbonyl (C=O) groups excluding carboxylic acids is 3. The largest absolute Gasteiger partial charge is 0.420 e. The van der Waals surface area contributed by atoms with Crippen LogP contribution in [-0.4, -0.2) is 229 Å². The molecular formula is C55H77F4N7O18S. The minimum Gasteiger partial charge on any atom is -0.420 e. The third-order valence-electron chi connectivity index (χ3n) is 11.9. The Morgan fingerprint density at radius 3 is 1.72 bits per heavy atom. The summed E-state index contributed by atoms with van der Waals surface area (Å²) in [7, 11) is -4.01. The van der Waals surface area contributed by atoms with Crippen LogP contribution in [0.2, 0.25) is 0 Å². The van der Waals surface area contributed by atoms with Crippen LogP contribution in [-0.2, 0) is 81.3 Å². The third kappa shape index (κ3) is 25.6. The molecule has 0 unspecified atom stereocenters. The maximum atomic E-state index is 13.9. The maximum Gasteiger partial charge on any atom is 0.313 e. The van der Waals surface area contributed by atoms with E-state index < -0.39 is 57.5 Å². The normalized spacial score (nSPS) is 14.6. The van der Waals surface area contributed by atoms with Gasteiger partial charge in [0.25, 0.3) is 5.91 Å². The molecule has 0 radical (unpaired) electrons. The lowest BCUT2D eigenvalue weighted by Crippen LogP contribution is -2.49. The second kappa shape index (κ2) is 39.9. The molecule has 30 heteroatoms. The van der Waals surface area contributed by atoms with E-state index in [0.29, 0.717) is 140 Å². The number of benzene rings is 1. The predicted molar refractivity (Wildman–Crippen MR) is 296 cm³/mol. The molecule has 2 aliphatic heterocycles. The lowest BCUT2D eigenvalue weighted by atomic mass is 10.1. The number of sulfonamides is 1. The molecule has 4 heterocycles. The first-order valence-electron chi connectivity index (χ1n) is 27.8. The van der Waals surface area contributed by atoms with Crippen molar-refractivity contribution < 1.29 is 102 Å². The van der Waals surface area contributed by atoms with E-state index in [2.05, 4.69) is 25.0 Å². The third-order valence-corrected chi connectivity index (χ3v) is 13.8. The molecule has 85 heavy (non-hydrogen) atoms. The number of ether oxygens (including phenoxy) is 12. The van der Waals surface area contributed by atoms with E-state index in [4.69, 9.17) is 62.7 Å². The number of fused-ring (bicyclic) bond motifs is 1. The molecular weight excluding hydrogens is 1150 g/mol. The minimum absolute atomic E-state index is 0.0102. The summed E-state index contributed by atoms with van der Waals surface area (Å²) >= 11 is 0. The SMILES string of the molecule is CCCN(OCC)C(=O)C1=Cc2ncc(-c3cncc(S(=O)(=O)N4CCO[C@H](CNC(=O)CCOCCOCCOCCOCCOCCOCCOCCOCCOCCOCCC(=O)Oc5c(F)c(F)cc(F)c5F)C4)c3)cc2N=C(N)C1. The summed E-state index contributed by atoms with van der Waals surface area (Å²) < 4.78 is 147. The average Bonchev–Trinajstić information content (AvgIpc) is 3.92. The van der Waals surface area contributed by atoms with Crippen LogP contribution in [0.3, 0.4) is 0 Å². The second-order valence-corrected chi connectivity index (χ2v) is 20.3. The molecule has 2 aromatic heterocycles. The number of halogens is 4. The Bertz CT molecular complexity index is 2670. The molecule has 1 fully saturated rings. The minimum atomic E-state index is -4.01. The Morgan fingerprint density at radius 2 is 1.20 bits per heavy atom. The van der Waals surface area contributed by atoms with Crippen LogP contribution in [0.25, 0.3) is 17.2 Å². The van der Waals surface area contributed by atoms with E-state index in [1.54, 1.807) is 25.3 Å². The number of aromatic nitrogens is 2. The summed E-state index contributed by atoms with van der Waals surface area (Å²) in [6.07, 6.45) is 5.90. The molecule has 0 bridgehead atoms. The van der Waals surface area contributed by atoms with E-state index in [0.717, 1.165) is 0 Å². The van der Waals surface area contributed by atoms with Gasteiger partial charge in [-0.2, -0.15) is 13.1 Å². The predicted octanol–water partition coefficient (Wildman–Crippen LogP) is 3.72. The number of esters is 1. The first-order chi connectivity index (χ1) is 41.2. The molecule has 1 aromatic carbocycles. The highest BCUT2D eigenvalue weighted by molar-refractivity contribution is 7.89. The van der Waals surface area contributed by atoms with Crippen LogP contribution in [0, 0.1) is 23.3 Å². The van der Waals surface area contributed by atoms with Crippen molar-refractivity contribution in [1.29, 1.82) is 0 Å². The monoisotopic (exact) mass is 1230 g/mol. The van der Waals surface area contributed by atoms with Gasteiger partial charge in [-0.3, -0.25) is 29.2 Å². The number of amidine groups is 1. The molecule has 5 rings (SSSR count). The zero-order chi connectivity index (χ0) is 61.1. The van der Waals surface area contributed by atoms with Gasteiger partial charge in [-0.15, -0.1) is 0 Å². The lowest BCUT2D eigenvalue weighted by Gasteiger charge is -2.32. The summed E-state index contributed by atoms with van der Waals surface area (Å²) in [4.78, 5) is 56.4. The summed E-state index contributed by atoms with van der Waals surface area (Å²) in [6, 6.07) is 3.24. The van der Waals surface area contributed by atoms with Gasteiger partial charge in [0, 0.05) is 80.4 Å². The Balaban J connectivity index is 0.778. The van der Waals surface area contributed by atoms with E-state index in [1.807, 2.05) is 6.92 Å². The molecule has 0 saturated carbocycles. The number of pyridine rings is 2. The van der Waals surface area contributed by atoms with Crippen molar-refractivity contribution in [3.8, 4) is 16.9 Å². The number of nitrogens with two attached hydrogens (primary N) is 1. The van der Waals surface area contributed by atoms with Crippen molar-refractivity contribution in [3.05, 3.63) is 71.3 Å². The van der Waals surface area contributed by atoms with E-state index in [1.165, 1.54) is 27.8 Å². The number of amides is 2. The van der Waals surface area contributed by atoms with Crippen molar-refractivity contribution in [2.24, 2.45) is 10.7 Å². The fourth-order valence-corrected chi connectivity index (χ4v) is 9.18. The summed E-state index contributed by atoms with van der Waals surface area (Å²) in [5, 5.41) is 4.11. The number of hydrogen-bond donors (Lipinski definition) is 2. The standard InChI is InChI=1S/C55H77F4N7O18S/c1-3-7-66(83-4-2)55(69)40-31-47-48(64-49(60)33-40)32-42(36-62-47)41-30-44(38-61-35-41)85(70,71)65-8-11-82-43(39-65)37-63-50(67)5-9-72-12-14-74-16-18-76-20-22-78-24-26-80-28-29-81-27-25-79-23-21-77-19-17-75-15-13-73-10-6-51(68)84-54-52(58)45(56)34-46(57)53(54)59/h30-32,34-36,38,43H,3-29,33,37,39H2,1-2H3,(H2,60,64)(H,63,67)/t43-/m1/s1. The molecule has 25 nitrogen and oxygen atoms in total. The first kappa shape index (κ1) is 70.1. The number of rotatable bonds is 44. The molecule has 3 N–H and O–H groups in total. The van der Waals surface area contributed by atoms with Gasteiger partial charge in [-0.25, -0.2) is 27.3 Å². The maximum absolute atomic E-state index is 13.9. The molecule has 1 atom stereocenters. The number of nitrogens with one attached hydrogen (secondary N) is 1. The van der Waals surface area contributed by atoms with E-state index in [-0.39, 0.29) is 107 Å². The zero-order valence-corrected chi connectivity index (χ0v) is 48.7. The highest BCUT2D eigenvalue weighted by atomic mass is 32.2. The van der Waals surface area contributed by atoms with Crippen molar-refractivity contribution in [2.75, 3.05) is 172 Å². The second-order valence-electron chi connectivity index (χ2n) is 18.4. The van der Waals surface area contributed by atoms with Crippen LogP contribution in [0.4, 0.5) is 23.2 Å². The van der Waals surface area contributed by atoms with Crippen molar-refractivity contribution in [2.45, 2.75) is 50.5 Å². The number of aliphatic imine (C=N–C) groups is 1. The number of hydroxylamine groups is 2. The van der Waals surface area contributed by atoms with Gasteiger partial charge in [0.2, 0.25) is 33.3 Å². The van der Waals surface area contributed by atoms with E-state index >= 15 is 0 Å². The summed E-state index contributed by atoms with van der Waals surface area (Å²) in [5.41, 5.74) is 8.48. The number of nitrogens with zero attached hydrogens (tertiary/aromatic N) is 5. The summed E-state index contributed by atoms with van der Waals surface area (Å²) in [5.74, 6) is -9.95. The van der Waals surface area contributed by atoms with Crippen molar-refractivity contribution in [1.82, 2.24) is 24.7 Å². The molecule has 2 amide bonds. The molecule has 474 valence electrons.